The highest BCUT2D eigenvalue weighted by Gasteiger charge is 2.22. The second-order valence-electron chi connectivity index (χ2n) is 8.60. The number of benzene rings is 3. The highest BCUT2D eigenvalue weighted by molar-refractivity contribution is 7.95. The molecule has 8 heteroatoms. The Morgan fingerprint density at radius 1 is 0.886 bits per heavy atom. The van der Waals surface area contributed by atoms with E-state index in [1.807, 2.05) is 54.6 Å². The van der Waals surface area contributed by atoms with Gasteiger partial charge in [0.05, 0.1) is 17.6 Å². The number of ether oxygens (including phenoxy) is 1. The molecule has 2 N–H and O–H groups in total. The summed E-state index contributed by atoms with van der Waals surface area (Å²) in [6, 6.07) is 23.2. The number of nitrogens with zero attached hydrogens (tertiary/aromatic N) is 1. The minimum atomic E-state index is -3.68. The average molecular weight is 492 g/mol. The first-order valence-corrected chi connectivity index (χ1v) is 13.0. The summed E-state index contributed by atoms with van der Waals surface area (Å²) in [5.41, 5.74) is 3.35. The van der Waals surface area contributed by atoms with Crippen LogP contribution in [0.4, 0.5) is 17.1 Å². The number of carbonyl (C=O) groups excluding carboxylic acids is 1. The Morgan fingerprint density at radius 2 is 1.49 bits per heavy atom. The maximum atomic E-state index is 12.7. The van der Waals surface area contributed by atoms with Crippen LogP contribution in [0.5, 0.6) is 0 Å². The number of anilines is 3. The second kappa shape index (κ2) is 10.8. The highest BCUT2D eigenvalue weighted by Crippen LogP contribution is 2.23. The number of nitrogens with one attached hydrogen (secondary N) is 2. The lowest BCUT2D eigenvalue weighted by molar-refractivity contribution is -0.00521. The molecule has 1 fully saturated rings. The molecule has 0 bridgehead atoms. The average Bonchev–Trinajstić information content (AvgIpc) is 2.83. The van der Waals surface area contributed by atoms with Crippen molar-refractivity contribution in [2.45, 2.75) is 26.1 Å². The molecule has 2 atom stereocenters. The largest absolute Gasteiger partial charge is 0.372 e. The van der Waals surface area contributed by atoms with Crippen LogP contribution in [0.1, 0.15) is 29.8 Å². The van der Waals surface area contributed by atoms with Crippen molar-refractivity contribution in [2.24, 2.45) is 0 Å². The molecule has 0 saturated carbocycles. The summed E-state index contributed by atoms with van der Waals surface area (Å²) >= 11 is 0. The quantitative estimate of drug-likeness (QED) is 0.488. The molecular weight excluding hydrogens is 462 g/mol. The van der Waals surface area contributed by atoms with Crippen LogP contribution >= 0.6 is 0 Å². The molecule has 35 heavy (non-hydrogen) atoms. The lowest BCUT2D eigenvalue weighted by Gasteiger charge is -2.36. The van der Waals surface area contributed by atoms with Crippen molar-refractivity contribution in [1.82, 2.24) is 0 Å². The van der Waals surface area contributed by atoms with E-state index in [-0.39, 0.29) is 18.1 Å². The van der Waals surface area contributed by atoms with Crippen LogP contribution in [-0.4, -0.2) is 39.6 Å². The third-order valence-corrected chi connectivity index (χ3v) is 6.57. The summed E-state index contributed by atoms with van der Waals surface area (Å²) in [6.07, 6.45) is 1.87. The van der Waals surface area contributed by atoms with Crippen molar-refractivity contribution in [3.63, 3.8) is 0 Å². The standard InChI is InChI=1S/C27H29N3O4S/c1-20-18-30(19-21(2)34-20)26-14-12-24(13-15-26)28-27(31)23-8-10-25(11-9-23)29-35(32,33)17-16-22-6-4-3-5-7-22/h3-17,20-21,29H,18-19H2,1-2H3,(H,28,31)/b17-16+. The molecule has 1 saturated heterocycles. The lowest BCUT2D eigenvalue weighted by atomic mass is 10.1. The normalized spacial score (nSPS) is 18.4. The summed E-state index contributed by atoms with van der Waals surface area (Å²) in [5, 5.41) is 4.00. The molecular formula is C27H29N3O4S. The van der Waals surface area contributed by atoms with Crippen molar-refractivity contribution in [2.75, 3.05) is 28.0 Å². The highest BCUT2D eigenvalue weighted by atomic mass is 32.2. The van der Waals surface area contributed by atoms with E-state index in [0.29, 0.717) is 16.9 Å². The van der Waals surface area contributed by atoms with E-state index in [4.69, 9.17) is 4.74 Å². The zero-order valence-corrected chi connectivity index (χ0v) is 20.5. The number of amides is 1. The van der Waals surface area contributed by atoms with Crippen LogP contribution in [0.25, 0.3) is 6.08 Å². The molecule has 7 nitrogen and oxygen atoms in total. The summed E-state index contributed by atoms with van der Waals surface area (Å²) in [6.45, 7) is 5.78. The Balaban J connectivity index is 1.34. The Labute approximate surface area is 206 Å². The fourth-order valence-corrected chi connectivity index (χ4v) is 4.84. The number of morpholine rings is 1. The number of sulfonamides is 1. The minimum absolute atomic E-state index is 0.172. The zero-order chi connectivity index (χ0) is 24.8. The first-order chi connectivity index (χ1) is 16.8. The predicted octanol–water partition coefficient (Wildman–Crippen LogP) is 4.97. The summed E-state index contributed by atoms with van der Waals surface area (Å²) < 4.78 is 32.9. The maximum Gasteiger partial charge on any atom is 0.255 e. The molecule has 0 radical (unpaired) electrons. The number of hydrogen-bond acceptors (Lipinski definition) is 5. The van der Waals surface area contributed by atoms with Crippen molar-refractivity contribution >= 4 is 39.1 Å². The molecule has 3 aromatic carbocycles. The number of hydrogen-bond donors (Lipinski definition) is 2. The van der Waals surface area contributed by atoms with Gasteiger partial charge in [0.25, 0.3) is 15.9 Å². The van der Waals surface area contributed by atoms with E-state index in [1.54, 1.807) is 24.3 Å². The molecule has 3 aromatic rings. The van der Waals surface area contributed by atoms with Crippen LogP contribution in [-0.2, 0) is 14.8 Å². The van der Waals surface area contributed by atoms with Gasteiger partial charge in [-0.25, -0.2) is 8.42 Å². The first-order valence-electron chi connectivity index (χ1n) is 11.5. The molecule has 2 unspecified atom stereocenters. The van der Waals surface area contributed by atoms with Crippen LogP contribution < -0.4 is 14.9 Å². The summed E-state index contributed by atoms with van der Waals surface area (Å²) in [5.74, 6) is -0.273. The van der Waals surface area contributed by atoms with Gasteiger partial charge in [-0.2, -0.15) is 0 Å². The van der Waals surface area contributed by atoms with Gasteiger partial charge in [0, 0.05) is 35.7 Å². The monoisotopic (exact) mass is 491 g/mol. The van der Waals surface area contributed by atoms with Crippen LogP contribution in [0.15, 0.2) is 84.3 Å². The van der Waals surface area contributed by atoms with Gasteiger partial charge in [0.1, 0.15) is 0 Å². The smallest absolute Gasteiger partial charge is 0.255 e. The van der Waals surface area contributed by atoms with Gasteiger partial charge in [-0.05, 0) is 74.0 Å². The molecule has 4 rings (SSSR count). The maximum absolute atomic E-state index is 12.7. The van der Waals surface area contributed by atoms with Gasteiger partial charge in [0.15, 0.2) is 0 Å². The van der Waals surface area contributed by atoms with Gasteiger partial charge >= 0.3 is 0 Å². The summed E-state index contributed by atoms with van der Waals surface area (Å²) in [7, 11) is -3.68. The Morgan fingerprint density at radius 3 is 2.11 bits per heavy atom. The Hall–Kier alpha value is -3.62. The van der Waals surface area contributed by atoms with Crippen LogP contribution in [0.3, 0.4) is 0 Å². The van der Waals surface area contributed by atoms with Gasteiger partial charge in [-0.1, -0.05) is 30.3 Å². The lowest BCUT2D eigenvalue weighted by Crippen LogP contribution is -2.45. The van der Waals surface area contributed by atoms with E-state index in [2.05, 4.69) is 28.8 Å². The molecule has 0 aliphatic carbocycles. The fourth-order valence-electron chi connectivity index (χ4n) is 3.97. The van der Waals surface area contributed by atoms with Crippen molar-refractivity contribution < 1.29 is 17.9 Å². The van der Waals surface area contributed by atoms with Gasteiger partial charge in [-0.15, -0.1) is 0 Å². The van der Waals surface area contributed by atoms with E-state index in [0.717, 1.165) is 29.7 Å². The molecule has 1 amide bonds. The third kappa shape index (κ3) is 6.94. The summed E-state index contributed by atoms with van der Waals surface area (Å²) in [4.78, 5) is 14.9. The van der Waals surface area contributed by atoms with Gasteiger partial charge in [-0.3, -0.25) is 9.52 Å². The SMILES string of the molecule is CC1CN(c2ccc(NC(=O)c3ccc(NS(=O)(=O)/C=C/c4ccccc4)cc3)cc2)CC(C)O1. The number of carbonyl (C=O) groups is 1. The molecule has 1 heterocycles. The van der Waals surface area contributed by atoms with E-state index in [9.17, 15) is 13.2 Å². The van der Waals surface area contributed by atoms with Crippen molar-refractivity contribution in [1.29, 1.82) is 0 Å². The van der Waals surface area contributed by atoms with Gasteiger partial charge < -0.3 is 15.0 Å². The van der Waals surface area contributed by atoms with E-state index < -0.39 is 10.0 Å². The molecule has 1 aliphatic heterocycles. The Kier molecular flexibility index (Phi) is 7.53. The van der Waals surface area contributed by atoms with Crippen molar-refractivity contribution in [3.05, 3.63) is 95.4 Å². The molecule has 1 aliphatic rings. The minimum Gasteiger partial charge on any atom is -0.372 e. The van der Waals surface area contributed by atoms with Gasteiger partial charge in [0.2, 0.25) is 0 Å². The van der Waals surface area contributed by atoms with E-state index in [1.165, 1.54) is 6.08 Å². The second-order valence-corrected chi connectivity index (χ2v) is 10.2. The topological polar surface area (TPSA) is 87.7 Å². The Bertz CT molecular complexity index is 1260. The molecule has 0 spiro atoms. The first kappa shape index (κ1) is 24.5. The molecule has 182 valence electrons. The van der Waals surface area contributed by atoms with Crippen LogP contribution in [0.2, 0.25) is 0 Å². The fraction of sp³-hybridized carbons (Fsp3) is 0.222. The van der Waals surface area contributed by atoms with E-state index >= 15 is 0 Å². The zero-order valence-electron chi connectivity index (χ0n) is 19.7. The predicted molar refractivity (Wildman–Crippen MR) is 141 cm³/mol. The van der Waals surface area contributed by atoms with Crippen LogP contribution in [0, 0.1) is 0 Å². The molecule has 0 aromatic heterocycles. The third-order valence-electron chi connectivity index (χ3n) is 5.56. The van der Waals surface area contributed by atoms with Crippen molar-refractivity contribution in [3.8, 4) is 0 Å². The number of rotatable bonds is 7.